The number of hydrogen-bond acceptors (Lipinski definition) is 7. The van der Waals surface area contributed by atoms with Crippen molar-refractivity contribution in [2.45, 2.75) is 0 Å². The molecule has 1 rings (SSSR count). The van der Waals surface area contributed by atoms with Crippen molar-refractivity contribution >= 4 is 21.5 Å². The normalized spacial score (nSPS) is 10.3. The molecule has 0 spiro atoms. The van der Waals surface area contributed by atoms with E-state index in [-0.39, 0.29) is 5.00 Å². The van der Waals surface area contributed by atoms with Gasteiger partial charge in [-0.15, -0.1) is 0 Å². The molecule has 1 heterocycles. The van der Waals surface area contributed by atoms with E-state index in [1.54, 1.807) is 7.11 Å². The average molecular weight is 246 g/mol. The molecule has 0 aliphatic carbocycles. The molecule has 8 heteroatoms. The zero-order chi connectivity index (χ0) is 11.8. The van der Waals surface area contributed by atoms with Gasteiger partial charge in [-0.1, -0.05) is 0 Å². The minimum Gasteiger partial charge on any atom is -0.383 e. The number of nitrogens with one attached hydrogen (secondary N) is 2. The van der Waals surface area contributed by atoms with Gasteiger partial charge in [0.2, 0.25) is 0 Å². The molecule has 2 N–H and O–H groups in total. The maximum Gasteiger partial charge on any atom is 0.345 e. The molecular formula is C8H14N4O3S. The second-order valence-corrected chi connectivity index (χ2v) is 3.94. The van der Waals surface area contributed by atoms with Gasteiger partial charge in [0.05, 0.1) is 11.5 Å². The van der Waals surface area contributed by atoms with Crippen molar-refractivity contribution in [2.24, 2.45) is 0 Å². The van der Waals surface area contributed by atoms with Gasteiger partial charge in [-0.25, -0.2) is 4.98 Å². The van der Waals surface area contributed by atoms with Crippen molar-refractivity contribution in [1.29, 1.82) is 0 Å². The summed E-state index contributed by atoms with van der Waals surface area (Å²) < 4.78 is 4.87. The van der Waals surface area contributed by atoms with E-state index >= 15 is 0 Å². The summed E-state index contributed by atoms with van der Waals surface area (Å²) >= 11 is 1.04. The zero-order valence-electron chi connectivity index (χ0n) is 8.93. The number of methoxy groups -OCH3 is 1. The summed E-state index contributed by atoms with van der Waals surface area (Å²) in [5.74, 6) is 0. The molecule has 0 fully saturated rings. The summed E-state index contributed by atoms with van der Waals surface area (Å²) in [6.45, 7) is 2.89. The van der Waals surface area contributed by atoms with Crippen LogP contribution in [0.4, 0.5) is 10.1 Å². The van der Waals surface area contributed by atoms with Crippen LogP contribution in [0.25, 0.3) is 0 Å². The predicted octanol–water partition coefficient (Wildman–Crippen LogP) is 0.699. The number of nitrogens with zero attached hydrogens (tertiary/aromatic N) is 2. The van der Waals surface area contributed by atoms with Crippen molar-refractivity contribution < 1.29 is 9.66 Å². The Morgan fingerprint density at radius 3 is 3.00 bits per heavy atom. The molecule has 0 radical (unpaired) electrons. The molecule has 1 aromatic rings. The van der Waals surface area contributed by atoms with Gasteiger partial charge in [0.15, 0.2) is 5.13 Å². The molecule has 7 nitrogen and oxygen atoms in total. The van der Waals surface area contributed by atoms with Crippen molar-refractivity contribution in [3.63, 3.8) is 0 Å². The van der Waals surface area contributed by atoms with Gasteiger partial charge in [0.25, 0.3) is 0 Å². The first-order valence-corrected chi connectivity index (χ1v) is 5.59. The number of anilines is 1. The van der Waals surface area contributed by atoms with Gasteiger partial charge in [-0.2, -0.15) is 0 Å². The van der Waals surface area contributed by atoms with Crippen molar-refractivity contribution in [3.8, 4) is 0 Å². The Morgan fingerprint density at radius 2 is 2.38 bits per heavy atom. The third kappa shape index (κ3) is 4.51. The van der Waals surface area contributed by atoms with E-state index in [0.29, 0.717) is 18.3 Å². The molecule has 0 unspecified atom stereocenters. The van der Waals surface area contributed by atoms with Crippen LogP contribution in [0.1, 0.15) is 0 Å². The Kier molecular flexibility index (Phi) is 5.68. The first-order chi connectivity index (χ1) is 7.74. The summed E-state index contributed by atoms with van der Waals surface area (Å²) in [7, 11) is 1.65. The minimum atomic E-state index is -0.445. The Morgan fingerprint density at radius 1 is 1.56 bits per heavy atom. The Labute approximate surface area is 97.0 Å². The van der Waals surface area contributed by atoms with Gasteiger partial charge in [0.1, 0.15) is 6.20 Å². The lowest BCUT2D eigenvalue weighted by atomic mass is 10.6. The quantitative estimate of drug-likeness (QED) is 0.399. The van der Waals surface area contributed by atoms with Crippen LogP contribution in [0.2, 0.25) is 0 Å². The zero-order valence-corrected chi connectivity index (χ0v) is 9.75. The Balaban J connectivity index is 2.14. The maximum absolute atomic E-state index is 10.4. The number of nitro groups is 1. The fourth-order valence-corrected chi connectivity index (χ4v) is 1.65. The van der Waals surface area contributed by atoms with E-state index in [1.807, 2.05) is 0 Å². The van der Waals surface area contributed by atoms with Gasteiger partial charge in [0, 0.05) is 26.7 Å². The molecule has 0 saturated carbocycles. The third-order valence-corrected chi connectivity index (χ3v) is 2.64. The molecule has 0 aliphatic heterocycles. The largest absolute Gasteiger partial charge is 0.383 e. The highest BCUT2D eigenvalue weighted by molar-refractivity contribution is 7.18. The van der Waals surface area contributed by atoms with Crippen molar-refractivity contribution in [3.05, 3.63) is 16.3 Å². The molecular weight excluding hydrogens is 232 g/mol. The van der Waals surface area contributed by atoms with Gasteiger partial charge < -0.3 is 15.4 Å². The number of rotatable bonds is 8. The van der Waals surface area contributed by atoms with Crippen LogP contribution in [0.5, 0.6) is 0 Å². The standard InChI is InChI=1S/C8H14N4O3S/c1-15-5-4-9-2-3-10-8-11-6-7(16-8)12(13)14/h6,9H,2-5H2,1H3,(H,10,11). The van der Waals surface area contributed by atoms with Crippen LogP contribution in [0, 0.1) is 10.1 Å². The fraction of sp³-hybridized carbons (Fsp3) is 0.625. The topological polar surface area (TPSA) is 89.3 Å². The lowest BCUT2D eigenvalue weighted by Gasteiger charge is -2.04. The van der Waals surface area contributed by atoms with Crippen LogP contribution >= 0.6 is 11.3 Å². The SMILES string of the molecule is COCCNCCNc1ncc([N+](=O)[O-])s1. The van der Waals surface area contributed by atoms with Crippen LogP contribution in [-0.2, 0) is 4.74 Å². The number of aromatic nitrogens is 1. The first-order valence-electron chi connectivity index (χ1n) is 4.78. The average Bonchev–Trinajstić information content (AvgIpc) is 2.72. The van der Waals surface area contributed by atoms with E-state index in [4.69, 9.17) is 4.74 Å². The molecule has 0 amide bonds. The molecule has 0 atom stereocenters. The van der Waals surface area contributed by atoms with E-state index in [0.717, 1.165) is 24.4 Å². The van der Waals surface area contributed by atoms with Crippen LogP contribution in [-0.4, -0.2) is 43.3 Å². The first kappa shape index (κ1) is 12.8. The van der Waals surface area contributed by atoms with Crippen molar-refractivity contribution in [1.82, 2.24) is 10.3 Å². The second-order valence-electron chi connectivity index (χ2n) is 2.93. The molecule has 0 bridgehead atoms. The number of hydrogen-bond donors (Lipinski definition) is 2. The second kappa shape index (κ2) is 7.09. The highest BCUT2D eigenvalue weighted by atomic mass is 32.1. The molecule has 0 saturated heterocycles. The molecule has 1 aromatic heterocycles. The lowest BCUT2D eigenvalue weighted by Crippen LogP contribution is -2.25. The Bertz CT molecular complexity index is 331. The summed E-state index contributed by atoms with van der Waals surface area (Å²) in [6, 6.07) is 0. The summed E-state index contributed by atoms with van der Waals surface area (Å²) in [6.07, 6.45) is 1.26. The highest BCUT2D eigenvalue weighted by Gasteiger charge is 2.10. The number of ether oxygens (including phenoxy) is 1. The highest BCUT2D eigenvalue weighted by Crippen LogP contribution is 2.24. The molecule has 0 aromatic carbocycles. The lowest BCUT2D eigenvalue weighted by molar-refractivity contribution is -0.380. The Hall–Kier alpha value is -1.25. The van der Waals surface area contributed by atoms with Gasteiger partial charge in [-0.3, -0.25) is 10.1 Å². The number of thiazole rings is 1. The third-order valence-electron chi connectivity index (χ3n) is 1.73. The summed E-state index contributed by atoms with van der Waals surface area (Å²) in [5, 5.41) is 17.1. The van der Waals surface area contributed by atoms with E-state index in [1.165, 1.54) is 6.20 Å². The predicted molar refractivity (Wildman–Crippen MR) is 62.0 cm³/mol. The smallest absolute Gasteiger partial charge is 0.345 e. The fourth-order valence-electron chi connectivity index (χ4n) is 0.989. The molecule has 16 heavy (non-hydrogen) atoms. The van der Waals surface area contributed by atoms with Gasteiger partial charge in [-0.05, 0) is 11.3 Å². The minimum absolute atomic E-state index is 0.0508. The van der Waals surface area contributed by atoms with Gasteiger partial charge >= 0.3 is 5.00 Å². The van der Waals surface area contributed by atoms with Crippen LogP contribution < -0.4 is 10.6 Å². The van der Waals surface area contributed by atoms with Crippen LogP contribution in [0.3, 0.4) is 0 Å². The monoisotopic (exact) mass is 246 g/mol. The molecule has 0 aliphatic rings. The van der Waals surface area contributed by atoms with Crippen molar-refractivity contribution in [2.75, 3.05) is 38.7 Å². The molecule has 90 valence electrons. The van der Waals surface area contributed by atoms with E-state index in [9.17, 15) is 10.1 Å². The summed E-state index contributed by atoms with van der Waals surface area (Å²) in [5.41, 5.74) is 0. The maximum atomic E-state index is 10.4. The van der Waals surface area contributed by atoms with Crippen LogP contribution in [0.15, 0.2) is 6.20 Å². The van der Waals surface area contributed by atoms with E-state index < -0.39 is 4.92 Å². The summed E-state index contributed by atoms with van der Waals surface area (Å²) in [4.78, 5) is 13.8. The van der Waals surface area contributed by atoms with E-state index in [2.05, 4.69) is 15.6 Å².